The van der Waals surface area contributed by atoms with Crippen molar-refractivity contribution >= 4 is 22.7 Å². The van der Waals surface area contributed by atoms with E-state index < -0.39 is 0 Å². The molecule has 0 atom stereocenters. The summed E-state index contributed by atoms with van der Waals surface area (Å²) in [5.41, 5.74) is 2.47. The Morgan fingerprint density at radius 1 is 1.00 bits per heavy atom. The van der Waals surface area contributed by atoms with Gasteiger partial charge in [-0.05, 0) is 36.6 Å². The topological polar surface area (TPSA) is 36.0 Å². The van der Waals surface area contributed by atoms with Crippen LogP contribution in [0.15, 0.2) is 64.5 Å². The summed E-state index contributed by atoms with van der Waals surface area (Å²) < 4.78 is 0. The number of fused-ring (bicyclic) bond motifs is 1. The molecule has 0 saturated heterocycles. The van der Waals surface area contributed by atoms with Crippen molar-refractivity contribution in [3.8, 4) is 0 Å². The Kier molecular flexibility index (Phi) is 4.09. The van der Waals surface area contributed by atoms with E-state index in [1.165, 1.54) is 26.3 Å². The summed E-state index contributed by atoms with van der Waals surface area (Å²) in [6.45, 7) is 0.238. The number of aliphatic hydroxyl groups is 1. The highest BCUT2D eigenvalue weighted by molar-refractivity contribution is 7.99. The van der Waals surface area contributed by atoms with Crippen molar-refractivity contribution in [2.45, 2.75) is 22.6 Å². The molecule has 0 bridgehead atoms. The third kappa shape index (κ3) is 2.74. The molecule has 2 aromatic carbocycles. The summed E-state index contributed by atoms with van der Waals surface area (Å²) in [6, 6.07) is 16.7. The number of hydrogen-bond acceptors (Lipinski definition) is 2. The fourth-order valence-corrected chi connectivity index (χ4v) is 3.41. The predicted octanol–water partition coefficient (Wildman–Crippen LogP) is 4.24. The molecule has 3 rings (SSSR count). The lowest BCUT2D eigenvalue weighted by Crippen LogP contribution is -1.90. The minimum Gasteiger partial charge on any atom is -0.396 e. The van der Waals surface area contributed by atoms with E-state index in [0.717, 1.165) is 12.8 Å². The summed E-state index contributed by atoms with van der Waals surface area (Å²) in [6.07, 6.45) is 3.79. The minimum absolute atomic E-state index is 0.238. The summed E-state index contributed by atoms with van der Waals surface area (Å²) >= 11 is 1.78. The molecule has 0 aliphatic heterocycles. The molecular formula is C17H17NOS. The van der Waals surface area contributed by atoms with Gasteiger partial charge in [0.15, 0.2) is 0 Å². The van der Waals surface area contributed by atoms with Gasteiger partial charge in [0.1, 0.15) is 0 Å². The van der Waals surface area contributed by atoms with Crippen LogP contribution in [0.4, 0.5) is 0 Å². The first-order chi connectivity index (χ1) is 9.88. The molecular weight excluding hydrogens is 266 g/mol. The second kappa shape index (κ2) is 6.16. The summed E-state index contributed by atoms with van der Waals surface area (Å²) in [5.74, 6) is 0. The van der Waals surface area contributed by atoms with E-state index in [-0.39, 0.29) is 6.61 Å². The normalized spacial score (nSPS) is 11.1. The fourth-order valence-electron chi connectivity index (χ4n) is 2.40. The quantitative estimate of drug-likeness (QED) is 0.734. The van der Waals surface area contributed by atoms with Gasteiger partial charge in [0.2, 0.25) is 0 Å². The third-order valence-electron chi connectivity index (χ3n) is 3.33. The largest absolute Gasteiger partial charge is 0.396 e. The predicted molar refractivity (Wildman–Crippen MR) is 84.3 cm³/mol. The highest BCUT2D eigenvalue weighted by Crippen LogP contribution is 2.35. The number of benzene rings is 2. The molecule has 0 radical (unpaired) electrons. The molecule has 102 valence electrons. The Hall–Kier alpha value is -1.71. The number of rotatable bonds is 5. The lowest BCUT2D eigenvalue weighted by molar-refractivity contribution is 0.289. The van der Waals surface area contributed by atoms with Gasteiger partial charge < -0.3 is 10.1 Å². The van der Waals surface area contributed by atoms with Gasteiger partial charge in [-0.15, -0.1) is 0 Å². The van der Waals surface area contributed by atoms with E-state index in [9.17, 15) is 0 Å². The van der Waals surface area contributed by atoms with Gasteiger partial charge in [0, 0.05) is 33.5 Å². The maximum Gasteiger partial charge on any atom is 0.0468 e. The van der Waals surface area contributed by atoms with Crippen LogP contribution in [0.2, 0.25) is 0 Å². The third-order valence-corrected chi connectivity index (χ3v) is 4.38. The van der Waals surface area contributed by atoms with Crippen molar-refractivity contribution in [3.05, 3.63) is 60.3 Å². The Labute approximate surface area is 122 Å². The van der Waals surface area contributed by atoms with E-state index in [1.807, 2.05) is 6.07 Å². The van der Waals surface area contributed by atoms with Crippen LogP contribution in [0.25, 0.3) is 10.9 Å². The minimum atomic E-state index is 0.238. The average molecular weight is 283 g/mol. The van der Waals surface area contributed by atoms with Crippen LogP contribution in [-0.4, -0.2) is 16.7 Å². The maximum absolute atomic E-state index is 9.04. The van der Waals surface area contributed by atoms with Crippen molar-refractivity contribution < 1.29 is 5.11 Å². The SMILES string of the molecule is OCCCc1cccc2[nH]cc(Sc3ccccc3)c12. The standard InChI is InChI=1S/C17H17NOS/c19-11-5-7-13-6-4-10-15-17(13)16(12-18-15)20-14-8-2-1-3-9-14/h1-4,6,8-10,12,18-19H,5,7,11H2. The van der Waals surface area contributed by atoms with Crippen LogP contribution in [0.5, 0.6) is 0 Å². The molecule has 2 N–H and O–H groups in total. The monoisotopic (exact) mass is 283 g/mol. The van der Waals surface area contributed by atoms with E-state index in [1.54, 1.807) is 11.8 Å². The molecule has 0 saturated carbocycles. The molecule has 0 unspecified atom stereocenters. The lowest BCUT2D eigenvalue weighted by Gasteiger charge is -2.05. The molecule has 0 spiro atoms. The van der Waals surface area contributed by atoms with Crippen molar-refractivity contribution in [2.24, 2.45) is 0 Å². The number of H-pyrrole nitrogens is 1. The molecule has 2 nitrogen and oxygen atoms in total. The van der Waals surface area contributed by atoms with Crippen LogP contribution in [0.3, 0.4) is 0 Å². The smallest absolute Gasteiger partial charge is 0.0468 e. The number of aliphatic hydroxyl groups excluding tert-OH is 1. The van der Waals surface area contributed by atoms with E-state index in [4.69, 9.17) is 5.11 Å². The Morgan fingerprint density at radius 2 is 1.85 bits per heavy atom. The molecule has 0 aliphatic rings. The second-order valence-electron chi connectivity index (χ2n) is 4.73. The fraction of sp³-hybridized carbons (Fsp3) is 0.176. The summed E-state index contributed by atoms with van der Waals surface area (Å²) in [4.78, 5) is 5.83. The van der Waals surface area contributed by atoms with Crippen LogP contribution < -0.4 is 0 Å². The van der Waals surface area contributed by atoms with E-state index in [0.29, 0.717) is 0 Å². The summed E-state index contributed by atoms with van der Waals surface area (Å²) in [7, 11) is 0. The number of nitrogens with one attached hydrogen (secondary N) is 1. The maximum atomic E-state index is 9.04. The van der Waals surface area contributed by atoms with Gasteiger partial charge in [-0.1, -0.05) is 42.1 Å². The van der Waals surface area contributed by atoms with E-state index in [2.05, 4.69) is 53.6 Å². The Bertz CT molecular complexity index is 691. The second-order valence-corrected chi connectivity index (χ2v) is 5.85. The van der Waals surface area contributed by atoms with Crippen molar-refractivity contribution in [2.75, 3.05) is 6.61 Å². The molecule has 0 fully saturated rings. The van der Waals surface area contributed by atoms with Crippen LogP contribution in [-0.2, 0) is 6.42 Å². The zero-order valence-corrected chi connectivity index (χ0v) is 12.0. The lowest BCUT2D eigenvalue weighted by atomic mass is 10.1. The molecule has 20 heavy (non-hydrogen) atoms. The highest BCUT2D eigenvalue weighted by Gasteiger charge is 2.09. The van der Waals surface area contributed by atoms with E-state index >= 15 is 0 Å². The van der Waals surface area contributed by atoms with Gasteiger partial charge in [0.25, 0.3) is 0 Å². The van der Waals surface area contributed by atoms with Gasteiger partial charge >= 0.3 is 0 Å². The first-order valence-electron chi connectivity index (χ1n) is 6.81. The summed E-state index contributed by atoms with van der Waals surface area (Å²) in [5, 5.41) is 10.3. The first-order valence-corrected chi connectivity index (χ1v) is 7.63. The number of hydrogen-bond donors (Lipinski definition) is 2. The van der Waals surface area contributed by atoms with Crippen LogP contribution in [0, 0.1) is 0 Å². The van der Waals surface area contributed by atoms with Crippen LogP contribution >= 0.6 is 11.8 Å². The highest BCUT2D eigenvalue weighted by atomic mass is 32.2. The van der Waals surface area contributed by atoms with Gasteiger partial charge in [-0.25, -0.2) is 0 Å². The first kappa shape index (κ1) is 13.3. The van der Waals surface area contributed by atoms with Crippen molar-refractivity contribution in [3.63, 3.8) is 0 Å². The molecule has 3 heteroatoms. The van der Waals surface area contributed by atoms with Gasteiger partial charge in [0.05, 0.1) is 0 Å². The van der Waals surface area contributed by atoms with Crippen LogP contribution in [0.1, 0.15) is 12.0 Å². The Morgan fingerprint density at radius 3 is 2.65 bits per heavy atom. The zero-order valence-electron chi connectivity index (χ0n) is 11.2. The van der Waals surface area contributed by atoms with Crippen molar-refractivity contribution in [1.82, 2.24) is 4.98 Å². The number of aromatic nitrogens is 1. The van der Waals surface area contributed by atoms with Crippen molar-refractivity contribution in [1.29, 1.82) is 0 Å². The zero-order chi connectivity index (χ0) is 13.8. The number of aryl methyl sites for hydroxylation is 1. The average Bonchev–Trinajstić information content (AvgIpc) is 2.90. The molecule has 1 aromatic heterocycles. The molecule has 0 aliphatic carbocycles. The molecule has 3 aromatic rings. The van der Waals surface area contributed by atoms with Gasteiger partial charge in [-0.2, -0.15) is 0 Å². The molecule has 1 heterocycles. The number of aromatic amines is 1. The molecule has 0 amide bonds. The Balaban J connectivity index is 1.98. The van der Waals surface area contributed by atoms with Gasteiger partial charge in [-0.3, -0.25) is 0 Å².